The van der Waals surface area contributed by atoms with Crippen LogP contribution < -0.4 is 16.8 Å². The van der Waals surface area contributed by atoms with E-state index in [4.69, 9.17) is 5.73 Å². The number of hydrogen-bond acceptors (Lipinski definition) is 3. The third kappa shape index (κ3) is 7.26. The highest BCUT2D eigenvalue weighted by Crippen LogP contribution is 2.42. The Kier molecular flexibility index (Phi) is 13.3. The standard InChI is InChI=1S/C15H13NO.C7H9N.2C2H6.CH5N/c1-15(11-7-3-2-4-8-11)12-9-5-6-10-13(12)16-14(15)17;1-6-2-4-7(8)5-3-6;3*1-2/h2-10H,1H3,(H,16,17);2-5H,8H2,1H3;2*1-2H3;2H2,1H3. The van der Waals surface area contributed by atoms with Crippen LogP contribution in [0.1, 0.15) is 51.3 Å². The summed E-state index contributed by atoms with van der Waals surface area (Å²) in [5.41, 5.74) is 14.4. The first kappa shape index (κ1) is 27.9. The van der Waals surface area contributed by atoms with Gasteiger partial charge in [-0.3, -0.25) is 4.79 Å². The minimum Gasteiger partial charge on any atom is -0.399 e. The lowest BCUT2D eigenvalue weighted by molar-refractivity contribution is -0.119. The zero-order valence-electron chi connectivity index (χ0n) is 20.1. The minimum atomic E-state index is -0.572. The summed E-state index contributed by atoms with van der Waals surface area (Å²) in [5.74, 6) is 0.0462. The van der Waals surface area contributed by atoms with E-state index in [-0.39, 0.29) is 5.91 Å². The van der Waals surface area contributed by atoms with E-state index in [1.54, 1.807) is 0 Å². The zero-order valence-corrected chi connectivity index (χ0v) is 20.1. The van der Waals surface area contributed by atoms with Gasteiger partial charge in [0.05, 0.1) is 5.41 Å². The van der Waals surface area contributed by atoms with Crippen molar-refractivity contribution in [1.82, 2.24) is 0 Å². The first-order valence-electron chi connectivity index (χ1n) is 10.9. The van der Waals surface area contributed by atoms with Gasteiger partial charge in [0.2, 0.25) is 5.91 Å². The summed E-state index contributed by atoms with van der Waals surface area (Å²) in [7, 11) is 1.50. The lowest BCUT2D eigenvalue weighted by Gasteiger charge is -2.22. The summed E-state index contributed by atoms with van der Waals surface area (Å²) in [6.07, 6.45) is 0. The number of carbonyl (C=O) groups is 1. The van der Waals surface area contributed by atoms with Gasteiger partial charge in [-0.1, -0.05) is 93.9 Å². The second kappa shape index (κ2) is 14.8. The highest BCUT2D eigenvalue weighted by atomic mass is 16.2. The van der Waals surface area contributed by atoms with Crippen LogP contribution in [0.5, 0.6) is 0 Å². The third-order valence-corrected chi connectivity index (χ3v) is 4.60. The second-order valence-corrected chi connectivity index (χ2v) is 6.40. The molecule has 4 heteroatoms. The topological polar surface area (TPSA) is 81.1 Å². The highest BCUT2D eigenvalue weighted by Gasteiger charge is 2.43. The van der Waals surface area contributed by atoms with E-state index in [0.29, 0.717) is 0 Å². The van der Waals surface area contributed by atoms with Gasteiger partial charge < -0.3 is 16.8 Å². The first-order chi connectivity index (χ1) is 15.0. The molecule has 1 aliphatic heterocycles. The van der Waals surface area contributed by atoms with Gasteiger partial charge in [0.15, 0.2) is 0 Å². The summed E-state index contributed by atoms with van der Waals surface area (Å²) >= 11 is 0. The number of benzene rings is 3. The number of aryl methyl sites for hydroxylation is 1. The molecule has 3 aromatic carbocycles. The number of amides is 1. The molecule has 1 amide bonds. The Hall–Kier alpha value is -3.11. The molecule has 3 aromatic rings. The van der Waals surface area contributed by atoms with Gasteiger partial charge in [-0.15, -0.1) is 0 Å². The molecule has 0 saturated carbocycles. The Balaban J connectivity index is 0.000000543. The van der Waals surface area contributed by atoms with Crippen molar-refractivity contribution in [3.8, 4) is 0 Å². The summed E-state index contributed by atoms with van der Waals surface area (Å²) in [6, 6.07) is 25.6. The highest BCUT2D eigenvalue weighted by molar-refractivity contribution is 6.08. The van der Waals surface area contributed by atoms with Crippen LogP contribution in [0.15, 0.2) is 78.9 Å². The molecule has 0 saturated heterocycles. The molecule has 0 aromatic heterocycles. The van der Waals surface area contributed by atoms with E-state index in [1.165, 1.54) is 12.6 Å². The minimum absolute atomic E-state index is 0.0462. The molecule has 0 radical (unpaired) electrons. The Bertz CT molecular complexity index is 855. The molecule has 168 valence electrons. The number of rotatable bonds is 1. The average Bonchev–Trinajstić information content (AvgIpc) is 3.12. The molecule has 1 aliphatic rings. The van der Waals surface area contributed by atoms with Gasteiger partial charge in [0.25, 0.3) is 0 Å². The molecule has 4 nitrogen and oxygen atoms in total. The van der Waals surface area contributed by atoms with Crippen molar-refractivity contribution < 1.29 is 4.79 Å². The van der Waals surface area contributed by atoms with Crippen molar-refractivity contribution in [1.29, 1.82) is 0 Å². The molecule has 0 fully saturated rings. The molecule has 5 N–H and O–H groups in total. The third-order valence-electron chi connectivity index (χ3n) is 4.60. The van der Waals surface area contributed by atoms with E-state index in [1.807, 2.05) is 120 Å². The van der Waals surface area contributed by atoms with Gasteiger partial charge >= 0.3 is 0 Å². The smallest absolute Gasteiger partial charge is 0.239 e. The number of fused-ring (bicyclic) bond motifs is 1. The first-order valence-corrected chi connectivity index (χ1v) is 10.9. The van der Waals surface area contributed by atoms with Gasteiger partial charge in [0, 0.05) is 11.4 Å². The number of nitrogen functional groups attached to an aromatic ring is 1. The second-order valence-electron chi connectivity index (χ2n) is 6.40. The lowest BCUT2D eigenvalue weighted by Crippen LogP contribution is -2.32. The van der Waals surface area contributed by atoms with Crippen molar-refractivity contribution in [2.45, 2.75) is 47.0 Å². The molecular formula is C27H39N3O. The molecule has 1 unspecified atom stereocenters. The lowest BCUT2D eigenvalue weighted by atomic mass is 9.77. The van der Waals surface area contributed by atoms with Crippen molar-refractivity contribution >= 4 is 17.3 Å². The quantitative estimate of drug-likeness (QED) is 0.412. The van der Waals surface area contributed by atoms with E-state index in [0.717, 1.165) is 22.5 Å². The van der Waals surface area contributed by atoms with Crippen LogP contribution >= 0.6 is 0 Å². The van der Waals surface area contributed by atoms with E-state index >= 15 is 0 Å². The van der Waals surface area contributed by atoms with Crippen molar-refractivity contribution in [2.24, 2.45) is 5.73 Å². The predicted octanol–water partition coefficient (Wildman–Crippen LogP) is 6.15. The van der Waals surface area contributed by atoms with E-state index in [9.17, 15) is 4.79 Å². The molecule has 0 spiro atoms. The van der Waals surface area contributed by atoms with Crippen molar-refractivity contribution in [3.05, 3.63) is 95.6 Å². The fraction of sp³-hybridized carbons (Fsp3) is 0.296. The van der Waals surface area contributed by atoms with Gasteiger partial charge in [-0.25, -0.2) is 0 Å². The van der Waals surface area contributed by atoms with Gasteiger partial charge in [-0.05, 0) is 50.2 Å². The monoisotopic (exact) mass is 421 g/mol. The van der Waals surface area contributed by atoms with Crippen molar-refractivity contribution in [3.63, 3.8) is 0 Å². The molecular weight excluding hydrogens is 382 g/mol. The van der Waals surface area contributed by atoms with Gasteiger partial charge in [-0.2, -0.15) is 0 Å². The molecule has 31 heavy (non-hydrogen) atoms. The molecule has 0 aliphatic carbocycles. The Labute approximate surface area is 188 Å². The van der Waals surface area contributed by atoms with Crippen molar-refractivity contribution in [2.75, 3.05) is 18.1 Å². The average molecular weight is 422 g/mol. The Morgan fingerprint density at radius 3 is 1.74 bits per heavy atom. The van der Waals surface area contributed by atoms with Crippen LogP contribution in [0.2, 0.25) is 0 Å². The van der Waals surface area contributed by atoms with Crippen LogP contribution in [0, 0.1) is 6.92 Å². The number of hydrogen-bond donors (Lipinski definition) is 3. The predicted molar refractivity (Wildman–Crippen MR) is 136 cm³/mol. The SMILES string of the molecule is CC.CC.CC1(c2ccccc2)C(=O)Nc2ccccc21.CN.Cc1ccc(N)cc1. The fourth-order valence-corrected chi connectivity index (χ4v) is 3.02. The van der Waals surface area contributed by atoms with E-state index in [2.05, 4.69) is 11.1 Å². The van der Waals surface area contributed by atoms with Crippen LogP contribution in [0.4, 0.5) is 11.4 Å². The number of anilines is 2. The maximum absolute atomic E-state index is 12.2. The normalized spacial score (nSPS) is 15.0. The molecule has 1 heterocycles. The number of para-hydroxylation sites is 1. The van der Waals surface area contributed by atoms with E-state index < -0.39 is 5.41 Å². The Morgan fingerprint density at radius 2 is 1.23 bits per heavy atom. The summed E-state index contributed by atoms with van der Waals surface area (Å²) in [4.78, 5) is 12.2. The largest absolute Gasteiger partial charge is 0.399 e. The molecule has 0 bridgehead atoms. The van der Waals surface area contributed by atoms with Gasteiger partial charge in [0.1, 0.15) is 0 Å². The Morgan fingerprint density at radius 1 is 0.742 bits per heavy atom. The molecule has 4 rings (SSSR count). The van der Waals surface area contributed by atoms with Crippen LogP contribution in [-0.2, 0) is 10.2 Å². The summed E-state index contributed by atoms with van der Waals surface area (Å²) in [6.45, 7) is 12.0. The summed E-state index contributed by atoms with van der Waals surface area (Å²) in [5, 5.41) is 2.95. The number of nitrogens with one attached hydrogen (secondary N) is 1. The maximum atomic E-state index is 12.2. The fourth-order valence-electron chi connectivity index (χ4n) is 3.02. The van der Waals surface area contributed by atoms with Crippen LogP contribution in [-0.4, -0.2) is 13.0 Å². The zero-order chi connectivity index (χ0) is 23.9. The number of nitrogens with two attached hydrogens (primary N) is 2. The molecule has 1 atom stereocenters. The van der Waals surface area contributed by atoms with Crippen LogP contribution in [0.25, 0.3) is 0 Å². The maximum Gasteiger partial charge on any atom is 0.239 e. The van der Waals surface area contributed by atoms with Crippen LogP contribution in [0.3, 0.4) is 0 Å². The summed E-state index contributed by atoms with van der Waals surface area (Å²) < 4.78 is 0. The number of carbonyl (C=O) groups excluding carboxylic acids is 1.